The second-order valence-corrected chi connectivity index (χ2v) is 4.09. The van der Waals surface area contributed by atoms with Crippen LogP contribution in [0.25, 0.3) is 0 Å². The van der Waals surface area contributed by atoms with Crippen molar-refractivity contribution in [3.63, 3.8) is 0 Å². The quantitative estimate of drug-likeness (QED) is 0.554. The molecule has 0 heterocycles. The van der Waals surface area contributed by atoms with Crippen LogP contribution in [-0.2, 0) is 27.3 Å². The van der Waals surface area contributed by atoms with Crippen LogP contribution < -0.4 is 5.73 Å². The summed E-state index contributed by atoms with van der Waals surface area (Å²) < 4.78 is 0.0833. The molecule has 0 amide bonds. The molecule has 0 fully saturated rings. The molecule has 2 N–H and O–H groups in total. The average Bonchev–Trinajstić information content (AvgIpc) is 1.66. The van der Waals surface area contributed by atoms with Gasteiger partial charge in [0.15, 0.2) is 0 Å². The molecule has 0 saturated heterocycles. The summed E-state index contributed by atoms with van der Waals surface area (Å²) in [7, 11) is 0. The Morgan fingerprint density at radius 2 is 1.78 bits per heavy atom. The second kappa shape index (κ2) is 11.4. The van der Waals surface area contributed by atoms with Gasteiger partial charge in [0.25, 0.3) is 0 Å². The fourth-order valence-electron chi connectivity index (χ4n) is 0.167. The van der Waals surface area contributed by atoms with E-state index < -0.39 is 0 Å². The molecule has 9 heavy (non-hydrogen) atoms. The van der Waals surface area contributed by atoms with E-state index in [1.54, 1.807) is 14.7 Å². The Labute approximate surface area is 74.2 Å². The fraction of sp³-hybridized carbons (Fsp3) is 0.800. The molecule has 0 aromatic rings. The zero-order valence-electron chi connectivity index (χ0n) is 5.64. The average molecular weight is 209 g/mol. The zero-order valence-corrected chi connectivity index (χ0v) is 8.32. The van der Waals surface area contributed by atoms with Gasteiger partial charge in [-0.1, -0.05) is 4.32 Å². The first kappa shape index (κ1) is 12.3. The van der Waals surface area contributed by atoms with Crippen LogP contribution in [0.4, 0.5) is 0 Å². The number of thiocarbonyl (C=S) groups is 1. The van der Waals surface area contributed by atoms with E-state index in [1.807, 2.05) is 0 Å². The Morgan fingerprint density at radius 1 is 1.56 bits per heavy atom. The van der Waals surface area contributed by atoms with E-state index in [2.05, 4.69) is 44.4 Å². The minimum Gasteiger partial charge on any atom is -0.415 e. The van der Waals surface area contributed by atoms with E-state index in [4.69, 9.17) is 0 Å². The Balaban J connectivity index is 0. The van der Waals surface area contributed by atoms with Crippen molar-refractivity contribution in [3.8, 4) is 0 Å². The molecule has 4 heteroatoms. The van der Waals surface area contributed by atoms with Crippen molar-refractivity contribution in [1.29, 1.82) is 0 Å². The predicted octanol–water partition coefficient (Wildman–Crippen LogP) is 1.72. The molecule has 0 bridgehead atoms. The summed E-state index contributed by atoms with van der Waals surface area (Å²) in [4.78, 5) is 0. The summed E-state index contributed by atoms with van der Waals surface area (Å²) in [6.45, 7) is 4.40. The topological polar surface area (TPSA) is 26.0 Å². The van der Waals surface area contributed by atoms with Crippen molar-refractivity contribution < 1.29 is 14.7 Å². The van der Waals surface area contributed by atoms with Crippen molar-refractivity contribution in [1.82, 2.24) is 0 Å². The summed E-state index contributed by atoms with van der Waals surface area (Å²) >= 11 is 9.86. The van der Waals surface area contributed by atoms with Crippen molar-refractivity contribution in [2.75, 3.05) is 0 Å². The SMILES string of the molecule is C[CH2][Co+][CH2]C.NC(=S)[S-]. The van der Waals surface area contributed by atoms with Gasteiger partial charge in [-0.2, -0.15) is 0 Å². The minimum absolute atomic E-state index is 0.0833. The van der Waals surface area contributed by atoms with Crippen LogP contribution in [0.5, 0.6) is 0 Å². The van der Waals surface area contributed by atoms with Crippen molar-refractivity contribution >= 4 is 29.2 Å². The van der Waals surface area contributed by atoms with Crippen LogP contribution in [0.3, 0.4) is 0 Å². The molecule has 0 saturated carbocycles. The Hall–Kier alpha value is 0.616. The molecule has 0 spiro atoms. The second-order valence-electron chi connectivity index (χ2n) is 0.957. The van der Waals surface area contributed by atoms with Crippen molar-refractivity contribution in [2.24, 2.45) is 5.73 Å². The molecule has 0 aliphatic heterocycles. The first-order chi connectivity index (χ1) is 4.15. The van der Waals surface area contributed by atoms with Crippen molar-refractivity contribution in [2.45, 2.75) is 24.6 Å². The molecule has 0 aromatic carbocycles. The third-order valence-electron chi connectivity index (χ3n) is 0.333. The molecule has 0 atom stereocenters. The van der Waals surface area contributed by atoms with Crippen LogP contribution in [0.1, 0.15) is 13.8 Å². The fourth-order valence-corrected chi connectivity index (χ4v) is 0.687. The maximum Gasteiger partial charge on any atom is -0.0708 e. The third kappa shape index (κ3) is 55.1. The number of rotatable bonds is 2. The van der Waals surface area contributed by atoms with E-state index in [-0.39, 0.29) is 4.32 Å². The van der Waals surface area contributed by atoms with Gasteiger partial charge in [-0.15, -0.1) is 0 Å². The summed E-state index contributed by atoms with van der Waals surface area (Å²) in [6.07, 6.45) is 0. The van der Waals surface area contributed by atoms with Crippen LogP contribution in [0.15, 0.2) is 0 Å². The molecule has 0 rings (SSSR count). The standard InChI is InChI=1S/2C2H5.CH3NS2.Co/c2*1-2;2-1(3)4;/h2*1H2,2H3;(H3,2,3,4);/q;;;+1/p-1. The first-order valence-corrected chi connectivity index (χ1v) is 4.87. The van der Waals surface area contributed by atoms with E-state index in [0.29, 0.717) is 0 Å². The minimum atomic E-state index is 0.0833. The van der Waals surface area contributed by atoms with Gasteiger partial charge in [-0.05, 0) is 0 Å². The molecule has 0 radical (unpaired) electrons. The number of hydrogen-bond acceptors (Lipinski definition) is 2. The van der Waals surface area contributed by atoms with Gasteiger partial charge in [-0.25, -0.2) is 0 Å². The molecule has 1 nitrogen and oxygen atoms in total. The number of nitrogens with two attached hydrogens (primary N) is 1. The monoisotopic (exact) mass is 209 g/mol. The first-order valence-electron chi connectivity index (χ1n) is 2.58. The summed E-state index contributed by atoms with van der Waals surface area (Å²) in [5.41, 5.74) is 4.66. The van der Waals surface area contributed by atoms with Gasteiger partial charge in [0.1, 0.15) is 0 Å². The summed E-state index contributed by atoms with van der Waals surface area (Å²) in [5, 5.41) is 2.62. The summed E-state index contributed by atoms with van der Waals surface area (Å²) in [6, 6.07) is 0. The van der Waals surface area contributed by atoms with E-state index in [1.165, 1.54) is 10.7 Å². The normalized spacial score (nSPS) is 7.78. The maximum atomic E-state index is 4.66. The maximum absolute atomic E-state index is 4.66. The Kier molecular flexibility index (Phi) is 15.6. The van der Waals surface area contributed by atoms with Gasteiger partial charge in [0, 0.05) is 0 Å². The molecule has 0 aromatic heterocycles. The van der Waals surface area contributed by atoms with E-state index >= 15 is 0 Å². The predicted molar refractivity (Wildman–Crippen MR) is 45.1 cm³/mol. The van der Waals surface area contributed by atoms with Crippen molar-refractivity contribution in [3.05, 3.63) is 0 Å². The largest absolute Gasteiger partial charge is 0.415 e. The molecule has 0 aliphatic rings. The van der Waals surface area contributed by atoms with Gasteiger partial charge in [-0.3, -0.25) is 0 Å². The Morgan fingerprint density at radius 3 is 1.78 bits per heavy atom. The van der Waals surface area contributed by atoms with Crippen LogP contribution >= 0.6 is 12.2 Å². The molecular formula is C5H12CoNS2. The molecular weight excluding hydrogens is 197 g/mol. The zero-order chi connectivity index (χ0) is 7.70. The van der Waals surface area contributed by atoms with Gasteiger partial charge in [0.2, 0.25) is 0 Å². The van der Waals surface area contributed by atoms with Gasteiger partial charge >= 0.3 is 39.3 Å². The summed E-state index contributed by atoms with van der Waals surface area (Å²) in [5.74, 6) is 0. The smallest absolute Gasteiger partial charge is 0.0708 e. The van der Waals surface area contributed by atoms with E-state index in [9.17, 15) is 0 Å². The van der Waals surface area contributed by atoms with Crippen LogP contribution in [0.2, 0.25) is 10.7 Å². The van der Waals surface area contributed by atoms with Gasteiger partial charge in [0.05, 0.1) is 0 Å². The number of hydrogen-bond donors (Lipinski definition) is 1. The molecule has 58 valence electrons. The van der Waals surface area contributed by atoms with Crippen LogP contribution in [0, 0.1) is 0 Å². The van der Waals surface area contributed by atoms with E-state index in [0.717, 1.165) is 0 Å². The Bertz CT molecular complexity index is 62.0. The third-order valence-corrected chi connectivity index (χ3v) is 1.37. The molecule has 0 unspecified atom stereocenters. The molecule has 0 aliphatic carbocycles. The van der Waals surface area contributed by atoms with Crippen LogP contribution in [-0.4, -0.2) is 4.32 Å². The van der Waals surface area contributed by atoms with Gasteiger partial charge < -0.3 is 30.6 Å².